The number of hydrogen-bond donors (Lipinski definition) is 0. The van der Waals surface area contributed by atoms with Gasteiger partial charge in [-0.1, -0.05) is 87.9 Å². The van der Waals surface area contributed by atoms with Crippen LogP contribution in [-0.4, -0.2) is 12.1 Å². The summed E-state index contributed by atoms with van der Waals surface area (Å²) in [5, 5.41) is 18.1. The van der Waals surface area contributed by atoms with E-state index in [-0.39, 0.29) is 5.41 Å². The number of carbonyl (C=O) groups excluding carboxylic acids is 1. The Morgan fingerprint density at radius 2 is 1.77 bits per heavy atom. The second-order valence-corrected chi connectivity index (χ2v) is 9.53. The van der Waals surface area contributed by atoms with Gasteiger partial charge in [0.05, 0.1) is 17.7 Å². The fourth-order valence-electron chi connectivity index (χ4n) is 5.37. The van der Waals surface area contributed by atoms with E-state index < -0.39 is 12.1 Å². The third-order valence-corrected chi connectivity index (χ3v) is 7.11. The maximum Gasteiger partial charge on any atom is 0.373 e. The van der Waals surface area contributed by atoms with E-state index in [1.807, 2.05) is 36.4 Å². The molecule has 0 spiro atoms. The summed E-state index contributed by atoms with van der Waals surface area (Å²) >= 11 is 0. The average molecular weight is 473 g/mol. The van der Waals surface area contributed by atoms with Crippen LogP contribution in [0.15, 0.2) is 48.5 Å². The number of nitrogens with zero attached hydrogens (tertiary/aromatic N) is 2. The van der Waals surface area contributed by atoms with Gasteiger partial charge >= 0.3 is 5.97 Å². The normalized spacial score (nSPS) is 15.5. The van der Waals surface area contributed by atoms with Crippen molar-refractivity contribution in [2.45, 2.75) is 95.5 Å². The maximum atomic E-state index is 13.4. The Labute approximate surface area is 209 Å². The van der Waals surface area contributed by atoms with Gasteiger partial charge in [0.15, 0.2) is 6.10 Å². The molecule has 1 atom stereocenters. The first-order valence-corrected chi connectivity index (χ1v) is 13.0. The molecule has 1 fully saturated rings. The topological polar surface area (TPSA) is 83.1 Å². The average Bonchev–Trinajstić information content (AvgIpc) is 2.91. The smallest absolute Gasteiger partial charge is 0.291 e. The maximum absolute atomic E-state index is 13.4. The SMILES string of the molecule is CCCCCC1(c2c(C(=O)OOC(C#N)CCCC#N)cccc2-c2ccccc2)CCCCC1. The van der Waals surface area contributed by atoms with Crippen LogP contribution in [0.1, 0.15) is 99.9 Å². The lowest BCUT2D eigenvalue weighted by molar-refractivity contribution is -0.261. The van der Waals surface area contributed by atoms with Crippen molar-refractivity contribution in [2.75, 3.05) is 0 Å². The van der Waals surface area contributed by atoms with E-state index in [0.717, 1.165) is 61.6 Å². The number of carbonyl (C=O) groups is 1. The van der Waals surface area contributed by atoms with Crippen molar-refractivity contribution < 1.29 is 14.6 Å². The molecule has 1 aliphatic carbocycles. The van der Waals surface area contributed by atoms with E-state index in [1.54, 1.807) is 0 Å². The highest BCUT2D eigenvalue weighted by Gasteiger charge is 2.39. The monoisotopic (exact) mass is 472 g/mol. The van der Waals surface area contributed by atoms with Crippen LogP contribution in [0.5, 0.6) is 0 Å². The van der Waals surface area contributed by atoms with Crippen molar-refractivity contribution in [3.05, 3.63) is 59.7 Å². The highest BCUT2D eigenvalue weighted by atomic mass is 17.2. The molecule has 2 aromatic carbocycles. The lowest BCUT2D eigenvalue weighted by Gasteiger charge is -2.40. The van der Waals surface area contributed by atoms with Crippen molar-refractivity contribution in [3.8, 4) is 23.3 Å². The van der Waals surface area contributed by atoms with Crippen LogP contribution in [-0.2, 0) is 15.2 Å². The van der Waals surface area contributed by atoms with Crippen LogP contribution in [0.4, 0.5) is 0 Å². The summed E-state index contributed by atoms with van der Waals surface area (Å²) in [5.74, 6) is -0.557. The van der Waals surface area contributed by atoms with Gasteiger partial charge in [-0.3, -0.25) is 4.89 Å². The lowest BCUT2D eigenvalue weighted by Crippen LogP contribution is -2.32. The lowest BCUT2D eigenvalue weighted by atomic mass is 9.63. The number of nitriles is 2. The standard InChI is InChI=1S/C30H36N2O3/c1-2-3-9-19-30(20-10-5-11-21-30)28-26(24-14-6-4-7-15-24)17-13-18-27(28)29(33)35-34-25(23-32)16-8-12-22-31/h4,6-7,13-15,17-18,25H,2-3,5,8-12,16,19-21H2,1H3. The van der Waals surface area contributed by atoms with Gasteiger partial charge in [-0.15, -0.1) is 0 Å². The first kappa shape index (κ1) is 26.5. The molecule has 0 aliphatic heterocycles. The van der Waals surface area contributed by atoms with Crippen LogP contribution >= 0.6 is 0 Å². The summed E-state index contributed by atoms with van der Waals surface area (Å²) in [6.07, 6.45) is 10.4. The summed E-state index contributed by atoms with van der Waals surface area (Å²) in [4.78, 5) is 23.9. The van der Waals surface area contributed by atoms with Gasteiger partial charge in [-0.05, 0) is 60.3 Å². The summed E-state index contributed by atoms with van der Waals surface area (Å²) in [6, 6.07) is 20.2. The third-order valence-electron chi connectivity index (χ3n) is 7.11. The molecule has 5 heteroatoms. The number of benzene rings is 2. The zero-order valence-corrected chi connectivity index (χ0v) is 20.8. The highest BCUT2D eigenvalue weighted by Crippen LogP contribution is 2.48. The molecule has 35 heavy (non-hydrogen) atoms. The van der Waals surface area contributed by atoms with Crippen LogP contribution in [0.25, 0.3) is 11.1 Å². The summed E-state index contributed by atoms with van der Waals surface area (Å²) in [7, 11) is 0. The Morgan fingerprint density at radius 1 is 1.00 bits per heavy atom. The number of unbranched alkanes of at least 4 members (excludes halogenated alkanes) is 3. The molecule has 184 valence electrons. The zero-order valence-electron chi connectivity index (χ0n) is 20.8. The first-order chi connectivity index (χ1) is 17.1. The van der Waals surface area contributed by atoms with Gasteiger partial charge in [-0.2, -0.15) is 15.4 Å². The van der Waals surface area contributed by atoms with E-state index in [0.29, 0.717) is 24.8 Å². The Hall–Kier alpha value is -3.15. The predicted octanol–water partition coefficient (Wildman–Crippen LogP) is 7.81. The van der Waals surface area contributed by atoms with Crippen molar-refractivity contribution >= 4 is 5.97 Å². The Balaban J connectivity index is 1.99. The molecule has 3 rings (SSSR count). The minimum Gasteiger partial charge on any atom is -0.291 e. The molecule has 0 heterocycles. The van der Waals surface area contributed by atoms with Gasteiger partial charge in [0, 0.05) is 6.42 Å². The van der Waals surface area contributed by atoms with Crippen molar-refractivity contribution in [3.63, 3.8) is 0 Å². The molecule has 1 unspecified atom stereocenters. The van der Waals surface area contributed by atoms with Gasteiger partial charge in [0.25, 0.3) is 0 Å². The highest BCUT2D eigenvalue weighted by molar-refractivity contribution is 5.94. The molecular formula is C30H36N2O3. The second-order valence-electron chi connectivity index (χ2n) is 9.53. The van der Waals surface area contributed by atoms with Crippen molar-refractivity contribution in [2.24, 2.45) is 0 Å². The van der Waals surface area contributed by atoms with Crippen LogP contribution in [0, 0.1) is 22.7 Å². The minimum atomic E-state index is -0.888. The molecular weight excluding hydrogens is 436 g/mol. The molecule has 0 radical (unpaired) electrons. The number of rotatable bonds is 12. The molecule has 2 aromatic rings. The van der Waals surface area contributed by atoms with Crippen molar-refractivity contribution in [1.29, 1.82) is 10.5 Å². The van der Waals surface area contributed by atoms with Crippen LogP contribution in [0.3, 0.4) is 0 Å². The molecule has 0 aromatic heterocycles. The molecule has 0 amide bonds. The van der Waals surface area contributed by atoms with Gasteiger partial charge in [-0.25, -0.2) is 4.79 Å². The quantitative estimate of drug-likeness (QED) is 0.179. The molecule has 0 bridgehead atoms. The van der Waals surface area contributed by atoms with Gasteiger partial charge in [0.1, 0.15) is 0 Å². The van der Waals surface area contributed by atoms with Gasteiger partial charge < -0.3 is 0 Å². The molecule has 0 N–H and O–H groups in total. The Morgan fingerprint density at radius 3 is 2.46 bits per heavy atom. The van der Waals surface area contributed by atoms with E-state index in [4.69, 9.17) is 15.0 Å². The summed E-state index contributed by atoms with van der Waals surface area (Å²) in [5.41, 5.74) is 3.66. The van der Waals surface area contributed by atoms with E-state index in [1.165, 1.54) is 12.8 Å². The summed E-state index contributed by atoms with van der Waals surface area (Å²) < 4.78 is 0. The predicted molar refractivity (Wildman–Crippen MR) is 136 cm³/mol. The third kappa shape index (κ3) is 6.93. The first-order valence-electron chi connectivity index (χ1n) is 13.0. The number of hydrogen-bond acceptors (Lipinski definition) is 5. The van der Waals surface area contributed by atoms with Gasteiger partial charge in [0.2, 0.25) is 0 Å². The Kier molecular flexibility index (Phi) is 10.3. The zero-order chi connectivity index (χ0) is 24.9. The Bertz CT molecular complexity index is 1030. The molecule has 1 aliphatic rings. The van der Waals surface area contributed by atoms with Crippen LogP contribution < -0.4 is 0 Å². The van der Waals surface area contributed by atoms with E-state index in [2.05, 4.69) is 31.2 Å². The van der Waals surface area contributed by atoms with E-state index in [9.17, 15) is 10.1 Å². The molecule has 1 saturated carbocycles. The minimum absolute atomic E-state index is 0.0877. The largest absolute Gasteiger partial charge is 0.373 e. The fourth-order valence-corrected chi connectivity index (χ4v) is 5.37. The molecule has 5 nitrogen and oxygen atoms in total. The van der Waals surface area contributed by atoms with Crippen molar-refractivity contribution in [1.82, 2.24) is 0 Å². The molecule has 0 saturated heterocycles. The summed E-state index contributed by atoms with van der Waals surface area (Å²) in [6.45, 7) is 2.22. The fraction of sp³-hybridized carbons (Fsp3) is 0.500. The van der Waals surface area contributed by atoms with E-state index >= 15 is 0 Å². The van der Waals surface area contributed by atoms with Crippen LogP contribution in [0.2, 0.25) is 0 Å². The second kappa shape index (κ2) is 13.7.